The molecule has 3 nitrogen and oxygen atoms in total. The minimum Gasteiger partial charge on any atom is -0.376 e. The zero-order chi connectivity index (χ0) is 13.4. The Morgan fingerprint density at radius 2 is 2.00 bits per heavy atom. The van der Waals surface area contributed by atoms with Gasteiger partial charge in [0.05, 0.1) is 6.61 Å². The van der Waals surface area contributed by atoms with Crippen molar-refractivity contribution in [2.45, 2.75) is 39.5 Å². The van der Waals surface area contributed by atoms with Gasteiger partial charge in [0.25, 0.3) is 0 Å². The van der Waals surface area contributed by atoms with Crippen LogP contribution in [0.3, 0.4) is 0 Å². The quantitative estimate of drug-likeness (QED) is 0.698. The fraction of sp³-hybridized carbons (Fsp3) is 0.714. The van der Waals surface area contributed by atoms with Crippen molar-refractivity contribution in [3.05, 3.63) is 21.9 Å². The van der Waals surface area contributed by atoms with Crippen LogP contribution < -0.4 is 5.32 Å². The minimum atomic E-state index is 0.540. The molecule has 0 bridgehead atoms. The summed E-state index contributed by atoms with van der Waals surface area (Å²) in [5, 5.41) is 3.43. The van der Waals surface area contributed by atoms with Gasteiger partial charge in [0, 0.05) is 28.9 Å². The first-order valence-electron chi connectivity index (χ1n) is 6.61. The van der Waals surface area contributed by atoms with Gasteiger partial charge < -0.3 is 15.0 Å². The zero-order valence-electron chi connectivity index (χ0n) is 12.0. The number of ether oxygens (including phenoxy) is 1. The fourth-order valence-electron chi connectivity index (χ4n) is 1.56. The number of rotatable bonds is 9. The van der Waals surface area contributed by atoms with E-state index < -0.39 is 0 Å². The Labute approximate surface area is 115 Å². The smallest absolute Gasteiger partial charge is 0.0809 e. The molecule has 0 spiro atoms. The summed E-state index contributed by atoms with van der Waals surface area (Å²) in [4.78, 5) is 4.89. The van der Waals surface area contributed by atoms with E-state index >= 15 is 0 Å². The third-order valence-electron chi connectivity index (χ3n) is 2.54. The minimum absolute atomic E-state index is 0.540. The topological polar surface area (TPSA) is 24.5 Å². The molecule has 0 aliphatic carbocycles. The van der Waals surface area contributed by atoms with Crippen LogP contribution in [0.4, 0.5) is 0 Å². The second kappa shape index (κ2) is 8.64. The summed E-state index contributed by atoms with van der Waals surface area (Å²) in [7, 11) is 4.18. The highest BCUT2D eigenvalue weighted by Crippen LogP contribution is 2.17. The Bertz CT molecular complexity index is 323. The molecule has 0 unspecified atom stereocenters. The van der Waals surface area contributed by atoms with E-state index in [1.54, 1.807) is 0 Å². The van der Waals surface area contributed by atoms with Crippen molar-refractivity contribution < 1.29 is 4.74 Å². The molecular weight excluding hydrogens is 244 g/mol. The molecule has 4 heteroatoms. The van der Waals surface area contributed by atoms with Gasteiger partial charge in [-0.3, -0.25) is 0 Å². The Morgan fingerprint density at radius 1 is 1.28 bits per heavy atom. The van der Waals surface area contributed by atoms with Crippen molar-refractivity contribution in [3.8, 4) is 0 Å². The molecule has 1 N–H and O–H groups in total. The second-order valence-electron chi connectivity index (χ2n) is 5.11. The molecule has 0 radical (unpaired) electrons. The lowest BCUT2D eigenvalue weighted by Gasteiger charge is -2.08. The maximum Gasteiger partial charge on any atom is 0.0809 e. The van der Waals surface area contributed by atoms with Crippen LogP contribution in [-0.2, 0) is 17.9 Å². The molecule has 0 aliphatic heterocycles. The molecule has 0 saturated carbocycles. The van der Waals surface area contributed by atoms with Gasteiger partial charge >= 0.3 is 0 Å². The summed E-state index contributed by atoms with van der Waals surface area (Å²) in [6.07, 6.45) is 1.10. The molecule has 0 atom stereocenters. The van der Waals surface area contributed by atoms with E-state index in [-0.39, 0.29) is 0 Å². The largest absolute Gasteiger partial charge is 0.376 e. The molecule has 1 rings (SSSR count). The lowest BCUT2D eigenvalue weighted by Crippen LogP contribution is -2.21. The summed E-state index contributed by atoms with van der Waals surface area (Å²) in [5.74, 6) is 0. The normalized spacial score (nSPS) is 11.7. The van der Waals surface area contributed by atoms with Crippen molar-refractivity contribution in [2.75, 3.05) is 27.2 Å². The highest BCUT2D eigenvalue weighted by Gasteiger charge is 2.01. The van der Waals surface area contributed by atoms with Crippen molar-refractivity contribution in [2.24, 2.45) is 0 Å². The van der Waals surface area contributed by atoms with Crippen LogP contribution in [0.1, 0.15) is 30.0 Å². The molecular formula is C14H26N2OS. The van der Waals surface area contributed by atoms with E-state index in [9.17, 15) is 0 Å². The van der Waals surface area contributed by atoms with Crippen LogP contribution >= 0.6 is 11.3 Å². The van der Waals surface area contributed by atoms with Crippen molar-refractivity contribution in [1.82, 2.24) is 10.2 Å². The SMILES string of the molecule is CC(C)NCc1ccc(COCCCN(C)C)s1. The highest BCUT2D eigenvalue weighted by atomic mass is 32.1. The van der Waals surface area contributed by atoms with Crippen LogP contribution in [0.15, 0.2) is 12.1 Å². The van der Waals surface area contributed by atoms with Gasteiger partial charge in [0.2, 0.25) is 0 Å². The monoisotopic (exact) mass is 270 g/mol. The first kappa shape index (κ1) is 15.6. The average Bonchev–Trinajstić information content (AvgIpc) is 2.73. The predicted octanol–water partition coefficient (Wildman–Crippen LogP) is 2.71. The molecule has 1 aromatic heterocycles. The van der Waals surface area contributed by atoms with Gasteiger partial charge in [0.15, 0.2) is 0 Å². The summed E-state index contributed by atoms with van der Waals surface area (Å²) < 4.78 is 5.67. The Hall–Kier alpha value is -0.420. The zero-order valence-corrected chi connectivity index (χ0v) is 12.8. The number of hydrogen-bond donors (Lipinski definition) is 1. The van der Waals surface area contributed by atoms with Crippen LogP contribution in [-0.4, -0.2) is 38.2 Å². The van der Waals surface area contributed by atoms with Gasteiger partial charge in [-0.15, -0.1) is 11.3 Å². The van der Waals surface area contributed by atoms with Gasteiger partial charge in [-0.05, 0) is 39.2 Å². The Morgan fingerprint density at radius 3 is 2.67 bits per heavy atom. The fourth-order valence-corrected chi connectivity index (χ4v) is 2.46. The third kappa shape index (κ3) is 7.11. The van der Waals surface area contributed by atoms with Crippen molar-refractivity contribution in [3.63, 3.8) is 0 Å². The molecule has 0 fully saturated rings. The van der Waals surface area contributed by atoms with E-state index in [1.165, 1.54) is 9.75 Å². The van der Waals surface area contributed by atoms with E-state index in [1.807, 2.05) is 11.3 Å². The average molecular weight is 270 g/mol. The highest BCUT2D eigenvalue weighted by molar-refractivity contribution is 7.11. The summed E-state index contributed by atoms with van der Waals surface area (Å²) in [6, 6.07) is 4.91. The summed E-state index contributed by atoms with van der Waals surface area (Å²) >= 11 is 1.84. The predicted molar refractivity (Wildman–Crippen MR) is 79.1 cm³/mol. The number of hydrogen-bond acceptors (Lipinski definition) is 4. The summed E-state index contributed by atoms with van der Waals surface area (Å²) in [5.41, 5.74) is 0. The van der Waals surface area contributed by atoms with E-state index in [2.05, 4.69) is 50.3 Å². The molecule has 0 aromatic carbocycles. The van der Waals surface area contributed by atoms with Gasteiger partial charge in [-0.1, -0.05) is 13.8 Å². The lowest BCUT2D eigenvalue weighted by molar-refractivity contribution is 0.115. The van der Waals surface area contributed by atoms with Crippen molar-refractivity contribution >= 4 is 11.3 Å². The van der Waals surface area contributed by atoms with Gasteiger partial charge in [0.1, 0.15) is 0 Å². The van der Waals surface area contributed by atoms with E-state index in [4.69, 9.17) is 4.74 Å². The first-order chi connectivity index (χ1) is 8.58. The lowest BCUT2D eigenvalue weighted by atomic mass is 10.3. The molecule has 0 amide bonds. The molecule has 18 heavy (non-hydrogen) atoms. The molecule has 1 aromatic rings. The Kier molecular flexibility index (Phi) is 7.51. The molecule has 0 saturated heterocycles. The van der Waals surface area contributed by atoms with Crippen LogP contribution in [0, 0.1) is 0 Å². The maximum atomic E-state index is 5.67. The number of nitrogens with zero attached hydrogens (tertiary/aromatic N) is 1. The molecule has 1 heterocycles. The second-order valence-corrected chi connectivity index (χ2v) is 6.37. The summed E-state index contributed by atoms with van der Waals surface area (Å²) in [6.45, 7) is 7.98. The van der Waals surface area contributed by atoms with Crippen LogP contribution in [0.5, 0.6) is 0 Å². The van der Waals surface area contributed by atoms with Crippen LogP contribution in [0.25, 0.3) is 0 Å². The standard InChI is InChI=1S/C14H26N2OS/c1-12(2)15-10-13-6-7-14(18-13)11-17-9-5-8-16(3)4/h6-7,12,15H,5,8-11H2,1-4H3. The maximum absolute atomic E-state index is 5.67. The van der Waals surface area contributed by atoms with Crippen LogP contribution in [0.2, 0.25) is 0 Å². The molecule has 104 valence electrons. The first-order valence-corrected chi connectivity index (χ1v) is 7.43. The van der Waals surface area contributed by atoms with Gasteiger partial charge in [-0.25, -0.2) is 0 Å². The van der Waals surface area contributed by atoms with E-state index in [0.717, 1.165) is 32.7 Å². The van der Waals surface area contributed by atoms with Crippen molar-refractivity contribution in [1.29, 1.82) is 0 Å². The number of thiophene rings is 1. The van der Waals surface area contributed by atoms with Gasteiger partial charge in [-0.2, -0.15) is 0 Å². The number of nitrogens with one attached hydrogen (secondary N) is 1. The Balaban J connectivity index is 2.15. The third-order valence-corrected chi connectivity index (χ3v) is 3.60. The van der Waals surface area contributed by atoms with E-state index in [0.29, 0.717) is 6.04 Å². The molecule has 0 aliphatic rings.